The van der Waals surface area contributed by atoms with Crippen LogP contribution < -0.4 is 5.32 Å². The summed E-state index contributed by atoms with van der Waals surface area (Å²) in [5, 5.41) is 7.02. The van der Waals surface area contributed by atoms with Crippen LogP contribution in [0.4, 0.5) is 0 Å². The second-order valence-corrected chi connectivity index (χ2v) is 8.19. The summed E-state index contributed by atoms with van der Waals surface area (Å²) in [5.41, 5.74) is 4.05. The van der Waals surface area contributed by atoms with E-state index in [4.69, 9.17) is 0 Å². The Labute approximate surface area is 180 Å². The van der Waals surface area contributed by atoms with Gasteiger partial charge in [0.1, 0.15) is 0 Å². The first-order valence-corrected chi connectivity index (χ1v) is 11.1. The zero-order valence-electron chi connectivity index (χ0n) is 16.8. The lowest BCUT2D eigenvalue weighted by molar-refractivity contribution is -0.131. The fourth-order valence-corrected chi connectivity index (χ4v) is 4.27. The summed E-state index contributed by atoms with van der Waals surface area (Å²) in [7, 11) is 0. The molecule has 0 aliphatic carbocycles. The Bertz CT molecular complexity index is 963. The lowest BCUT2D eigenvalue weighted by Gasteiger charge is -2.34. The van der Waals surface area contributed by atoms with E-state index >= 15 is 0 Å². The first kappa shape index (κ1) is 20.3. The molecule has 0 spiro atoms. The van der Waals surface area contributed by atoms with E-state index in [-0.39, 0.29) is 18.4 Å². The molecular formula is C24H25N3O2S. The van der Waals surface area contributed by atoms with Crippen molar-refractivity contribution in [2.75, 3.05) is 32.7 Å². The molecule has 1 aromatic heterocycles. The number of rotatable bonds is 6. The van der Waals surface area contributed by atoms with Gasteiger partial charge in [-0.2, -0.15) is 11.3 Å². The van der Waals surface area contributed by atoms with E-state index in [1.54, 1.807) is 23.5 Å². The summed E-state index contributed by atoms with van der Waals surface area (Å²) < 4.78 is 0. The molecule has 1 aliphatic rings. The van der Waals surface area contributed by atoms with E-state index in [0.29, 0.717) is 18.7 Å². The van der Waals surface area contributed by atoms with Crippen LogP contribution in [0.2, 0.25) is 0 Å². The van der Waals surface area contributed by atoms with E-state index in [1.165, 1.54) is 5.56 Å². The zero-order valence-corrected chi connectivity index (χ0v) is 17.6. The third-order valence-electron chi connectivity index (χ3n) is 5.37. The molecule has 4 rings (SSSR count). The quantitative estimate of drug-likeness (QED) is 0.666. The van der Waals surface area contributed by atoms with Gasteiger partial charge in [-0.25, -0.2) is 0 Å². The van der Waals surface area contributed by atoms with Gasteiger partial charge in [-0.05, 0) is 45.6 Å². The zero-order chi connectivity index (χ0) is 20.8. The van der Waals surface area contributed by atoms with Crippen LogP contribution in [0, 0.1) is 0 Å². The molecule has 1 aliphatic heterocycles. The predicted octanol–water partition coefficient (Wildman–Crippen LogP) is 3.49. The molecule has 0 saturated carbocycles. The maximum Gasteiger partial charge on any atom is 0.251 e. The number of hydrogen-bond donors (Lipinski definition) is 1. The molecule has 3 aromatic rings. The van der Waals surface area contributed by atoms with E-state index in [0.717, 1.165) is 30.8 Å². The first-order valence-electron chi connectivity index (χ1n) is 10.1. The summed E-state index contributed by atoms with van der Waals surface area (Å²) in [6.45, 7) is 4.08. The topological polar surface area (TPSA) is 52.7 Å². The Morgan fingerprint density at radius 1 is 0.867 bits per heavy atom. The minimum absolute atomic E-state index is 0.0283. The van der Waals surface area contributed by atoms with Crippen molar-refractivity contribution in [2.45, 2.75) is 6.54 Å². The normalized spacial score (nSPS) is 14.5. The van der Waals surface area contributed by atoms with Crippen molar-refractivity contribution in [1.82, 2.24) is 15.1 Å². The Morgan fingerprint density at radius 3 is 2.23 bits per heavy atom. The summed E-state index contributed by atoms with van der Waals surface area (Å²) in [4.78, 5) is 29.1. The summed E-state index contributed by atoms with van der Waals surface area (Å²) in [6, 6.07) is 19.6. The SMILES string of the molecule is O=C(NCC(=O)N1CCN(Cc2ccsc2)CC1)c1ccc(-c2ccccc2)cc1. The number of benzene rings is 2. The number of nitrogens with zero attached hydrogens (tertiary/aromatic N) is 2. The van der Waals surface area contributed by atoms with Crippen molar-refractivity contribution < 1.29 is 9.59 Å². The molecule has 5 nitrogen and oxygen atoms in total. The summed E-state index contributed by atoms with van der Waals surface area (Å²) in [6.07, 6.45) is 0. The standard InChI is InChI=1S/C24H25N3O2S/c28-23(27-13-11-26(12-14-27)17-19-10-15-30-18-19)16-25-24(29)22-8-6-21(7-9-22)20-4-2-1-3-5-20/h1-10,15,18H,11-14,16-17H2,(H,25,29). The molecule has 1 N–H and O–H groups in total. The molecule has 0 unspecified atom stereocenters. The van der Waals surface area contributed by atoms with Gasteiger partial charge in [0.25, 0.3) is 5.91 Å². The molecule has 154 valence electrons. The van der Waals surface area contributed by atoms with Crippen molar-refractivity contribution in [3.8, 4) is 11.1 Å². The molecule has 2 amide bonds. The van der Waals surface area contributed by atoms with Gasteiger partial charge >= 0.3 is 0 Å². The second-order valence-electron chi connectivity index (χ2n) is 7.41. The Hall–Kier alpha value is -2.96. The van der Waals surface area contributed by atoms with Gasteiger partial charge in [0.2, 0.25) is 5.91 Å². The number of nitrogens with one attached hydrogen (secondary N) is 1. The largest absolute Gasteiger partial charge is 0.343 e. The number of carbonyl (C=O) groups excluding carboxylic acids is 2. The molecular weight excluding hydrogens is 394 g/mol. The van der Waals surface area contributed by atoms with Crippen LogP contribution in [0.1, 0.15) is 15.9 Å². The van der Waals surface area contributed by atoms with E-state index in [2.05, 4.69) is 27.0 Å². The third-order valence-corrected chi connectivity index (χ3v) is 6.10. The predicted molar refractivity (Wildman–Crippen MR) is 120 cm³/mol. The highest BCUT2D eigenvalue weighted by Gasteiger charge is 2.21. The van der Waals surface area contributed by atoms with Crippen LogP contribution in [0.25, 0.3) is 11.1 Å². The maximum absolute atomic E-state index is 12.5. The first-order chi connectivity index (χ1) is 14.7. The van der Waals surface area contributed by atoms with Gasteiger partial charge < -0.3 is 10.2 Å². The van der Waals surface area contributed by atoms with Gasteiger partial charge in [-0.15, -0.1) is 0 Å². The summed E-state index contributed by atoms with van der Waals surface area (Å²) >= 11 is 1.71. The summed E-state index contributed by atoms with van der Waals surface area (Å²) in [5.74, 6) is -0.251. The van der Waals surface area contributed by atoms with Crippen LogP contribution in [-0.4, -0.2) is 54.3 Å². The van der Waals surface area contributed by atoms with Crippen molar-refractivity contribution in [2.24, 2.45) is 0 Å². The molecule has 30 heavy (non-hydrogen) atoms. The smallest absolute Gasteiger partial charge is 0.251 e. The molecule has 2 heterocycles. The molecule has 2 aromatic carbocycles. The molecule has 0 atom stereocenters. The molecule has 0 bridgehead atoms. The number of amides is 2. The fourth-order valence-electron chi connectivity index (χ4n) is 3.61. The number of carbonyl (C=O) groups is 2. The lowest BCUT2D eigenvalue weighted by atomic mass is 10.0. The van der Waals surface area contributed by atoms with Gasteiger partial charge in [-0.3, -0.25) is 14.5 Å². The van der Waals surface area contributed by atoms with Gasteiger partial charge in [0.05, 0.1) is 6.54 Å². The molecule has 0 radical (unpaired) electrons. The van der Waals surface area contributed by atoms with Crippen molar-refractivity contribution in [3.05, 3.63) is 82.6 Å². The van der Waals surface area contributed by atoms with Crippen LogP contribution in [0.15, 0.2) is 71.4 Å². The van der Waals surface area contributed by atoms with E-state index in [9.17, 15) is 9.59 Å². The minimum atomic E-state index is -0.223. The van der Waals surface area contributed by atoms with E-state index in [1.807, 2.05) is 47.4 Å². The number of hydrogen-bond acceptors (Lipinski definition) is 4. The minimum Gasteiger partial charge on any atom is -0.343 e. The Morgan fingerprint density at radius 2 is 1.57 bits per heavy atom. The van der Waals surface area contributed by atoms with Gasteiger partial charge in [0, 0.05) is 38.3 Å². The van der Waals surface area contributed by atoms with Crippen molar-refractivity contribution >= 4 is 23.2 Å². The average molecular weight is 420 g/mol. The Balaban J connectivity index is 1.23. The highest BCUT2D eigenvalue weighted by molar-refractivity contribution is 7.07. The van der Waals surface area contributed by atoms with Gasteiger partial charge in [-0.1, -0.05) is 42.5 Å². The van der Waals surface area contributed by atoms with Crippen LogP contribution in [-0.2, 0) is 11.3 Å². The van der Waals surface area contributed by atoms with Crippen LogP contribution in [0.5, 0.6) is 0 Å². The van der Waals surface area contributed by atoms with Crippen molar-refractivity contribution in [1.29, 1.82) is 0 Å². The second kappa shape index (κ2) is 9.69. The van der Waals surface area contributed by atoms with Crippen LogP contribution in [0.3, 0.4) is 0 Å². The van der Waals surface area contributed by atoms with E-state index < -0.39 is 0 Å². The maximum atomic E-state index is 12.5. The Kier molecular flexibility index (Phi) is 6.57. The highest BCUT2D eigenvalue weighted by atomic mass is 32.1. The average Bonchev–Trinajstić information content (AvgIpc) is 3.31. The fraction of sp³-hybridized carbons (Fsp3) is 0.250. The lowest BCUT2D eigenvalue weighted by Crippen LogP contribution is -2.50. The third kappa shape index (κ3) is 5.14. The van der Waals surface area contributed by atoms with Crippen molar-refractivity contribution in [3.63, 3.8) is 0 Å². The molecule has 1 saturated heterocycles. The highest BCUT2D eigenvalue weighted by Crippen LogP contribution is 2.19. The van der Waals surface area contributed by atoms with Gasteiger partial charge in [0.15, 0.2) is 0 Å². The number of piperazine rings is 1. The molecule has 1 fully saturated rings. The molecule has 6 heteroatoms. The van der Waals surface area contributed by atoms with Crippen LogP contribution >= 0.6 is 11.3 Å². The number of thiophene rings is 1. The monoisotopic (exact) mass is 419 g/mol.